The van der Waals surface area contributed by atoms with Crippen LogP contribution < -0.4 is 15.0 Å². The van der Waals surface area contributed by atoms with E-state index < -0.39 is 6.09 Å². The van der Waals surface area contributed by atoms with Gasteiger partial charge in [0.15, 0.2) is 0 Å². The van der Waals surface area contributed by atoms with Crippen LogP contribution in [-0.2, 0) is 11.2 Å². The van der Waals surface area contributed by atoms with Crippen molar-refractivity contribution in [3.63, 3.8) is 0 Å². The Labute approximate surface area is 197 Å². The molecule has 1 N–H and O–H groups in total. The summed E-state index contributed by atoms with van der Waals surface area (Å²) >= 11 is 0. The molecule has 2 aliphatic rings. The molecule has 2 heterocycles. The van der Waals surface area contributed by atoms with Crippen LogP contribution in [0, 0.1) is 6.92 Å². The highest BCUT2D eigenvalue weighted by Crippen LogP contribution is 2.36. The number of piperidine rings is 2. The number of nitrogens with one attached hydrogen (secondary N) is 1. The second kappa shape index (κ2) is 10.5. The number of benzene rings is 2. The summed E-state index contributed by atoms with van der Waals surface area (Å²) in [5, 5.41) is 2.88. The van der Waals surface area contributed by atoms with Gasteiger partial charge in [0.2, 0.25) is 0 Å². The molecule has 4 rings (SSSR count). The third-order valence-electron chi connectivity index (χ3n) is 7.06. The van der Waals surface area contributed by atoms with Crippen LogP contribution in [0.25, 0.3) is 0 Å². The van der Waals surface area contributed by atoms with Crippen molar-refractivity contribution >= 4 is 17.5 Å². The molecular formula is C27H37N3O3. The lowest BCUT2D eigenvalue weighted by Crippen LogP contribution is -2.54. The Morgan fingerprint density at radius 2 is 1.79 bits per heavy atom. The first-order valence-corrected chi connectivity index (χ1v) is 12.1. The van der Waals surface area contributed by atoms with Crippen molar-refractivity contribution in [2.24, 2.45) is 0 Å². The molecule has 0 aromatic heterocycles. The second-order valence-electron chi connectivity index (χ2n) is 9.61. The monoisotopic (exact) mass is 451 g/mol. The molecule has 2 saturated heterocycles. The minimum absolute atomic E-state index is 0.0354. The number of rotatable bonds is 7. The number of anilines is 2. The van der Waals surface area contributed by atoms with Crippen LogP contribution in [0.15, 0.2) is 42.5 Å². The lowest BCUT2D eigenvalue weighted by atomic mass is 9.82. The van der Waals surface area contributed by atoms with E-state index in [0.717, 1.165) is 31.4 Å². The van der Waals surface area contributed by atoms with Crippen LogP contribution in [0.4, 0.5) is 16.2 Å². The Morgan fingerprint density at radius 3 is 2.42 bits per heavy atom. The SMILES string of the molecule is COc1ccc(C)cc1NC(=O)OC1CC2CCCC(C1)N2CCc1ccc(N(C)C)cc1. The van der Waals surface area contributed by atoms with Gasteiger partial charge in [0.1, 0.15) is 11.9 Å². The summed E-state index contributed by atoms with van der Waals surface area (Å²) in [5.74, 6) is 0.642. The molecule has 0 aliphatic carbocycles. The third-order valence-corrected chi connectivity index (χ3v) is 7.06. The molecular weight excluding hydrogens is 414 g/mol. The zero-order valence-electron chi connectivity index (χ0n) is 20.3. The summed E-state index contributed by atoms with van der Waals surface area (Å²) in [6.45, 7) is 3.06. The molecule has 0 radical (unpaired) electrons. The van der Waals surface area contributed by atoms with Gasteiger partial charge in [-0.2, -0.15) is 0 Å². The van der Waals surface area contributed by atoms with Gasteiger partial charge < -0.3 is 14.4 Å². The molecule has 0 saturated carbocycles. The van der Waals surface area contributed by atoms with Gasteiger partial charge in [0, 0.05) is 51.3 Å². The predicted octanol–water partition coefficient (Wildman–Crippen LogP) is 5.25. The van der Waals surface area contributed by atoms with Gasteiger partial charge in [-0.1, -0.05) is 24.6 Å². The van der Waals surface area contributed by atoms with Crippen molar-refractivity contribution in [2.45, 2.75) is 63.6 Å². The van der Waals surface area contributed by atoms with Crippen LogP contribution in [0.1, 0.15) is 43.2 Å². The molecule has 6 nitrogen and oxygen atoms in total. The van der Waals surface area contributed by atoms with Gasteiger partial charge in [0.25, 0.3) is 0 Å². The standard InChI is InChI=1S/C27H37N3O3/c1-19-8-13-26(32-4)25(16-19)28-27(31)33-24-17-22-6-5-7-23(18-24)30(22)15-14-20-9-11-21(12-10-20)29(2)3/h8-13,16,22-24H,5-7,14-15,17-18H2,1-4H3,(H,28,31). The van der Waals surface area contributed by atoms with E-state index in [1.54, 1.807) is 7.11 Å². The number of nitrogens with zero attached hydrogens (tertiary/aromatic N) is 2. The zero-order chi connectivity index (χ0) is 23.4. The van der Waals surface area contributed by atoms with Gasteiger partial charge in [-0.05, 0) is 61.6 Å². The lowest BCUT2D eigenvalue weighted by Gasteiger charge is -2.48. The van der Waals surface area contributed by atoms with Gasteiger partial charge in [-0.3, -0.25) is 10.2 Å². The maximum Gasteiger partial charge on any atom is 0.412 e. The van der Waals surface area contributed by atoms with Crippen molar-refractivity contribution in [1.29, 1.82) is 0 Å². The fourth-order valence-electron chi connectivity index (χ4n) is 5.32. The lowest BCUT2D eigenvalue weighted by molar-refractivity contribution is -0.0295. The first-order chi connectivity index (χ1) is 15.9. The highest BCUT2D eigenvalue weighted by molar-refractivity contribution is 5.87. The van der Waals surface area contributed by atoms with Crippen LogP contribution in [-0.4, -0.2) is 56.9 Å². The Bertz CT molecular complexity index is 930. The molecule has 2 aliphatic heterocycles. The Morgan fingerprint density at radius 1 is 1.09 bits per heavy atom. The minimum atomic E-state index is -0.392. The van der Waals surface area contributed by atoms with Gasteiger partial charge >= 0.3 is 6.09 Å². The number of hydrogen-bond acceptors (Lipinski definition) is 5. The fraction of sp³-hybridized carbons (Fsp3) is 0.519. The maximum atomic E-state index is 12.6. The van der Waals surface area contributed by atoms with Gasteiger partial charge in [-0.25, -0.2) is 4.79 Å². The molecule has 2 bridgehead atoms. The maximum absolute atomic E-state index is 12.6. The summed E-state index contributed by atoms with van der Waals surface area (Å²) in [4.78, 5) is 17.4. The van der Waals surface area contributed by atoms with Crippen molar-refractivity contribution < 1.29 is 14.3 Å². The van der Waals surface area contributed by atoms with E-state index in [1.165, 1.54) is 30.5 Å². The summed E-state index contributed by atoms with van der Waals surface area (Å²) in [6.07, 6.45) is 6.08. The fourth-order valence-corrected chi connectivity index (χ4v) is 5.32. The van der Waals surface area contributed by atoms with E-state index in [4.69, 9.17) is 9.47 Å². The predicted molar refractivity (Wildman–Crippen MR) is 133 cm³/mol. The average Bonchev–Trinajstić information content (AvgIpc) is 2.78. The van der Waals surface area contributed by atoms with Crippen molar-refractivity contribution in [1.82, 2.24) is 4.90 Å². The number of hydrogen-bond donors (Lipinski definition) is 1. The Kier molecular flexibility index (Phi) is 7.43. The number of ether oxygens (including phenoxy) is 2. The molecule has 6 heteroatoms. The molecule has 2 fully saturated rings. The van der Waals surface area contributed by atoms with Crippen LogP contribution in [0.5, 0.6) is 5.75 Å². The van der Waals surface area contributed by atoms with Gasteiger partial charge in [0.05, 0.1) is 12.8 Å². The molecule has 0 spiro atoms. The van der Waals surface area contributed by atoms with Crippen LogP contribution in [0.2, 0.25) is 0 Å². The summed E-state index contributed by atoms with van der Waals surface area (Å²) in [7, 11) is 5.74. The summed E-state index contributed by atoms with van der Waals surface area (Å²) in [6, 6.07) is 15.6. The van der Waals surface area contributed by atoms with E-state index in [1.807, 2.05) is 25.1 Å². The highest BCUT2D eigenvalue weighted by Gasteiger charge is 2.39. The number of carbonyl (C=O) groups excluding carboxylic acids is 1. The van der Waals surface area contributed by atoms with Crippen molar-refractivity contribution in [3.05, 3.63) is 53.6 Å². The number of methoxy groups -OCH3 is 1. The number of fused-ring (bicyclic) bond motifs is 2. The summed E-state index contributed by atoms with van der Waals surface area (Å²) in [5.41, 5.74) is 4.32. The van der Waals surface area contributed by atoms with Gasteiger partial charge in [-0.15, -0.1) is 0 Å². The Balaban J connectivity index is 1.32. The smallest absolute Gasteiger partial charge is 0.412 e. The van der Waals surface area contributed by atoms with E-state index in [2.05, 4.69) is 53.5 Å². The van der Waals surface area contributed by atoms with E-state index in [0.29, 0.717) is 23.5 Å². The molecule has 2 aromatic carbocycles. The van der Waals surface area contributed by atoms with Crippen molar-refractivity contribution in [3.8, 4) is 5.75 Å². The molecule has 2 atom stereocenters. The first-order valence-electron chi connectivity index (χ1n) is 12.1. The first kappa shape index (κ1) is 23.4. The Hall–Kier alpha value is -2.73. The number of aryl methyl sites for hydroxylation is 1. The van der Waals surface area contributed by atoms with Crippen LogP contribution >= 0.6 is 0 Å². The number of carbonyl (C=O) groups is 1. The quantitative estimate of drug-likeness (QED) is 0.623. The second-order valence-corrected chi connectivity index (χ2v) is 9.61. The topological polar surface area (TPSA) is 54.0 Å². The van der Waals surface area contributed by atoms with E-state index in [9.17, 15) is 4.79 Å². The zero-order valence-corrected chi connectivity index (χ0v) is 20.3. The normalized spacial score (nSPS) is 22.5. The molecule has 2 unspecified atom stereocenters. The molecule has 178 valence electrons. The van der Waals surface area contributed by atoms with Crippen molar-refractivity contribution in [2.75, 3.05) is 38.0 Å². The molecule has 1 amide bonds. The minimum Gasteiger partial charge on any atom is -0.495 e. The van der Waals surface area contributed by atoms with E-state index in [-0.39, 0.29) is 6.10 Å². The van der Waals surface area contributed by atoms with E-state index >= 15 is 0 Å². The average molecular weight is 452 g/mol. The van der Waals surface area contributed by atoms with Crippen LogP contribution in [0.3, 0.4) is 0 Å². The third kappa shape index (κ3) is 5.80. The largest absolute Gasteiger partial charge is 0.495 e. The summed E-state index contributed by atoms with van der Waals surface area (Å²) < 4.78 is 11.2. The molecule has 2 aromatic rings. The number of amides is 1. The highest BCUT2D eigenvalue weighted by atomic mass is 16.6. The molecule has 33 heavy (non-hydrogen) atoms.